The van der Waals surface area contributed by atoms with Gasteiger partial charge in [-0.2, -0.15) is 5.10 Å². The van der Waals surface area contributed by atoms with Gasteiger partial charge in [0.25, 0.3) is 0 Å². The highest BCUT2D eigenvalue weighted by molar-refractivity contribution is 5.66. The molecule has 0 amide bonds. The standard InChI is InChI=1S/C11H18N2O2/c1-9-8-10(2)13(12-9)7-5-3-4-6-11(14)15/h8H,3-7H2,1-2H3,(H,14,15). The predicted molar refractivity (Wildman–Crippen MR) is 57.8 cm³/mol. The van der Waals surface area contributed by atoms with E-state index in [1.165, 1.54) is 5.69 Å². The largest absolute Gasteiger partial charge is 0.481 e. The first kappa shape index (κ1) is 11.8. The predicted octanol–water partition coefficient (Wildman–Crippen LogP) is 2.14. The van der Waals surface area contributed by atoms with Gasteiger partial charge >= 0.3 is 5.97 Å². The van der Waals surface area contributed by atoms with Gasteiger partial charge in [0.2, 0.25) is 0 Å². The van der Waals surface area contributed by atoms with Crippen LogP contribution in [0.5, 0.6) is 0 Å². The molecule has 4 heteroatoms. The summed E-state index contributed by atoms with van der Waals surface area (Å²) in [5.74, 6) is -0.707. The summed E-state index contributed by atoms with van der Waals surface area (Å²) in [7, 11) is 0. The van der Waals surface area contributed by atoms with E-state index in [-0.39, 0.29) is 6.42 Å². The van der Waals surface area contributed by atoms with Crippen LogP contribution in [0.3, 0.4) is 0 Å². The van der Waals surface area contributed by atoms with Crippen molar-refractivity contribution in [2.75, 3.05) is 0 Å². The number of carbonyl (C=O) groups is 1. The monoisotopic (exact) mass is 210 g/mol. The summed E-state index contributed by atoms with van der Waals surface area (Å²) in [5.41, 5.74) is 2.21. The summed E-state index contributed by atoms with van der Waals surface area (Å²) < 4.78 is 1.98. The van der Waals surface area contributed by atoms with Gasteiger partial charge in [0.05, 0.1) is 5.69 Å². The molecule has 1 heterocycles. The Labute approximate surface area is 89.9 Å². The molecule has 0 radical (unpaired) electrons. The average molecular weight is 210 g/mol. The quantitative estimate of drug-likeness (QED) is 0.732. The second-order valence-corrected chi connectivity index (χ2v) is 3.85. The zero-order valence-electron chi connectivity index (χ0n) is 9.36. The molecule has 0 spiro atoms. The van der Waals surface area contributed by atoms with E-state index < -0.39 is 5.97 Å². The Morgan fingerprint density at radius 2 is 2.13 bits per heavy atom. The second-order valence-electron chi connectivity index (χ2n) is 3.85. The average Bonchev–Trinajstić information content (AvgIpc) is 2.44. The van der Waals surface area contributed by atoms with E-state index in [2.05, 4.69) is 11.2 Å². The first-order valence-corrected chi connectivity index (χ1v) is 5.32. The Morgan fingerprint density at radius 3 is 2.67 bits per heavy atom. The lowest BCUT2D eigenvalue weighted by molar-refractivity contribution is -0.137. The Balaban J connectivity index is 2.20. The van der Waals surface area contributed by atoms with Crippen molar-refractivity contribution < 1.29 is 9.90 Å². The topological polar surface area (TPSA) is 55.1 Å². The summed E-state index contributed by atoms with van der Waals surface area (Å²) in [5, 5.41) is 12.8. The van der Waals surface area contributed by atoms with Crippen molar-refractivity contribution in [3.63, 3.8) is 0 Å². The fourth-order valence-corrected chi connectivity index (χ4v) is 1.62. The molecule has 0 bridgehead atoms. The van der Waals surface area contributed by atoms with Crippen LogP contribution in [0.4, 0.5) is 0 Å². The van der Waals surface area contributed by atoms with E-state index in [1.807, 2.05) is 18.5 Å². The first-order valence-electron chi connectivity index (χ1n) is 5.32. The van der Waals surface area contributed by atoms with E-state index >= 15 is 0 Å². The van der Waals surface area contributed by atoms with Gasteiger partial charge in [-0.3, -0.25) is 9.48 Å². The highest BCUT2D eigenvalue weighted by atomic mass is 16.4. The van der Waals surface area contributed by atoms with Gasteiger partial charge < -0.3 is 5.11 Å². The van der Waals surface area contributed by atoms with Crippen molar-refractivity contribution in [3.8, 4) is 0 Å². The highest BCUT2D eigenvalue weighted by Gasteiger charge is 2.01. The van der Waals surface area contributed by atoms with E-state index in [4.69, 9.17) is 5.11 Å². The van der Waals surface area contributed by atoms with Crippen LogP contribution in [-0.2, 0) is 11.3 Å². The van der Waals surface area contributed by atoms with Crippen LogP contribution < -0.4 is 0 Å². The number of carboxylic acids is 1. The Hall–Kier alpha value is -1.32. The van der Waals surface area contributed by atoms with Crippen LogP contribution in [0.15, 0.2) is 6.07 Å². The van der Waals surface area contributed by atoms with E-state index in [0.717, 1.165) is 31.5 Å². The maximum absolute atomic E-state index is 10.3. The van der Waals surface area contributed by atoms with Crippen LogP contribution >= 0.6 is 0 Å². The van der Waals surface area contributed by atoms with Gasteiger partial charge in [-0.1, -0.05) is 6.42 Å². The molecule has 4 nitrogen and oxygen atoms in total. The van der Waals surface area contributed by atoms with Gasteiger partial charge in [0, 0.05) is 18.7 Å². The summed E-state index contributed by atoms with van der Waals surface area (Å²) in [6.07, 6.45) is 2.98. The smallest absolute Gasteiger partial charge is 0.303 e. The molecule has 0 aliphatic heterocycles. The second kappa shape index (κ2) is 5.53. The molecular formula is C11H18N2O2. The molecule has 0 saturated carbocycles. The molecule has 0 atom stereocenters. The lowest BCUT2D eigenvalue weighted by atomic mass is 10.2. The molecule has 0 saturated heterocycles. The minimum atomic E-state index is -0.707. The molecule has 84 valence electrons. The molecule has 1 aromatic rings. The third-order valence-corrected chi connectivity index (χ3v) is 2.36. The minimum absolute atomic E-state index is 0.275. The van der Waals surface area contributed by atoms with Crippen LogP contribution in [-0.4, -0.2) is 20.9 Å². The molecule has 0 fully saturated rings. The van der Waals surface area contributed by atoms with Gasteiger partial charge in [0.15, 0.2) is 0 Å². The normalized spacial score (nSPS) is 10.5. The molecule has 0 aromatic carbocycles. The maximum Gasteiger partial charge on any atom is 0.303 e. The molecule has 15 heavy (non-hydrogen) atoms. The fraction of sp³-hybridized carbons (Fsp3) is 0.636. The summed E-state index contributed by atoms with van der Waals surface area (Å²) in [6, 6.07) is 2.05. The number of aryl methyl sites for hydroxylation is 3. The number of rotatable bonds is 6. The number of unbranched alkanes of at least 4 members (excludes halogenated alkanes) is 2. The van der Waals surface area contributed by atoms with Gasteiger partial charge in [0.1, 0.15) is 0 Å². The van der Waals surface area contributed by atoms with Gasteiger partial charge in [-0.15, -0.1) is 0 Å². The van der Waals surface area contributed by atoms with Crippen molar-refractivity contribution >= 4 is 5.97 Å². The number of aliphatic carboxylic acids is 1. The maximum atomic E-state index is 10.3. The molecule has 1 N–H and O–H groups in total. The first-order chi connectivity index (χ1) is 7.09. The van der Waals surface area contributed by atoms with Crippen LogP contribution in [0, 0.1) is 13.8 Å². The lowest BCUT2D eigenvalue weighted by Gasteiger charge is -2.03. The zero-order chi connectivity index (χ0) is 11.3. The Morgan fingerprint density at radius 1 is 1.40 bits per heavy atom. The van der Waals surface area contributed by atoms with E-state index in [9.17, 15) is 4.79 Å². The molecule has 1 rings (SSSR count). The molecule has 0 aliphatic carbocycles. The third-order valence-electron chi connectivity index (χ3n) is 2.36. The SMILES string of the molecule is Cc1cc(C)n(CCCCCC(=O)O)n1. The number of aromatic nitrogens is 2. The summed E-state index contributed by atoms with van der Waals surface area (Å²) in [6.45, 7) is 4.91. The fourth-order valence-electron chi connectivity index (χ4n) is 1.62. The number of nitrogens with zero attached hydrogens (tertiary/aromatic N) is 2. The Kier molecular flexibility index (Phi) is 4.34. The van der Waals surface area contributed by atoms with Crippen molar-refractivity contribution in [2.24, 2.45) is 0 Å². The van der Waals surface area contributed by atoms with Crippen LogP contribution in [0.2, 0.25) is 0 Å². The Bertz CT molecular complexity index is 331. The van der Waals surface area contributed by atoms with Crippen molar-refractivity contribution in [2.45, 2.75) is 46.1 Å². The minimum Gasteiger partial charge on any atom is -0.481 e. The molecule has 1 aromatic heterocycles. The molecule has 0 unspecified atom stereocenters. The molecular weight excluding hydrogens is 192 g/mol. The van der Waals surface area contributed by atoms with Crippen molar-refractivity contribution in [1.29, 1.82) is 0 Å². The van der Waals surface area contributed by atoms with E-state index in [1.54, 1.807) is 0 Å². The number of carboxylic acid groups (broad SMARTS) is 1. The van der Waals surface area contributed by atoms with E-state index in [0.29, 0.717) is 0 Å². The number of hydrogen-bond acceptors (Lipinski definition) is 2. The van der Waals surface area contributed by atoms with Gasteiger partial charge in [-0.25, -0.2) is 0 Å². The summed E-state index contributed by atoms with van der Waals surface area (Å²) >= 11 is 0. The molecule has 0 aliphatic rings. The van der Waals surface area contributed by atoms with Crippen molar-refractivity contribution in [3.05, 3.63) is 17.5 Å². The van der Waals surface area contributed by atoms with Gasteiger partial charge in [-0.05, 0) is 32.8 Å². The van der Waals surface area contributed by atoms with Crippen LogP contribution in [0.1, 0.15) is 37.1 Å². The highest BCUT2D eigenvalue weighted by Crippen LogP contribution is 2.06. The van der Waals surface area contributed by atoms with Crippen LogP contribution in [0.25, 0.3) is 0 Å². The lowest BCUT2D eigenvalue weighted by Crippen LogP contribution is -2.03. The third kappa shape index (κ3) is 4.14. The van der Waals surface area contributed by atoms with Crippen molar-refractivity contribution in [1.82, 2.24) is 9.78 Å². The zero-order valence-corrected chi connectivity index (χ0v) is 9.36. The summed E-state index contributed by atoms with van der Waals surface area (Å²) in [4.78, 5) is 10.3. The number of hydrogen-bond donors (Lipinski definition) is 1.